The van der Waals surface area contributed by atoms with Gasteiger partial charge < -0.3 is 9.47 Å². The smallest absolute Gasteiger partial charge is 0.124 e. The van der Waals surface area contributed by atoms with Gasteiger partial charge in [0.15, 0.2) is 0 Å². The van der Waals surface area contributed by atoms with Gasteiger partial charge in [0.2, 0.25) is 0 Å². The minimum atomic E-state index is -0.115. The van der Waals surface area contributed by atoms with Crippen molar-refractivity contribution in [1.29, 1.82) is 0 Å². The summed E-state index contributed by atoms with van der Waals surface area (Å²) < 4.78 is 11.4. The third-order valence-corrected chi connectivity index (χ3v) is 4.26. The van der Waals surface area contributed by atoms with E-state index in [-0.39, 0.29) is 11.0 Å². The summed E-state index contributed by atoms with van der Waals surface area (Å²) in [5.41, 5.74) is 1.09. The van der Waals surface area contributed by atoms with Gasteiger partial charge in [-0.05, 0) is 56.5 Å². The molecule has 1 fully saturated rings. The molecule has 0 unspecified atom stereocenters. The Morgan fingerprint density at radius 2 is 1.84 bits per heavy atom. The lowest BCUT2D eigenvalue weighted by molar-refractivity contribution is -0.0299. The number of fused-ring (bicyclic) bond motifs is 2. The van der Waals surface area contributed by atoms with Gasteiger partial charge in [0.25, 0.3) is 0 Å². The van der Waals surface area contributed by atoms with Crippen LogP contribution in [0.2, 0.25) is 0 Å². The first-order valence-electron chi connectivity index (χ1n) is 6.79. The van der Waals surface area contributed by atoms with Crippen molar-refractivity contribution < 1.29 is 9.47 Å². The van der Waals surface area contributed by atoms with E-state index in [2.05, 4.69) is 44.2 Å². The standard InChI is InChI=1S/C17H20O2/c1-16-8-10-17(2,11-9-16)19-15(16)12-13-4-6-14(18-3)7-5-13/h4-8,10,12H,9,11H2,1-3H3/b15-12-/t16-,17+/m1/s1. The van der Waals surface area contributed by atoms with Gasteiger partial charge >= 0.3 is 0 Å². The number of hydrogen-bond acceptors (Lipinski definition) is 2. The Morgan fingerprint density at radius 3 is 2.42 bits per heavy atom. The van der Waals surface area contributed by atoms with Crippen molar-refractivity contribution in [3.05, 3.63) is 47.7 Å². The summed E-state index contributed by atoms with van der Waals surface area (Å²) in [5, 5.41) is 0. The van der Waals surface area contributed by atoms with E-state index in [4.69, 9.17) is 9.47 Å². The molecule has 0 N–H and O–H groups in total. The second-order valence-corrected chi connectivity index (χ2v) is 5.95. The maximum atomic E-state index is 6.18. The van der Waals surface area contributed by atoms with Crippen LogP contribution in [0.3, 0.4) is 0 Å². The number of methoxy groups -OCH3 is 1. The second-order valence-electron chi connectivity index (χ2n) is 5.95. The molecule has 2 heteroatoms. The van der Waals surface area contributed by atoms with Crippen LogP contribution in [0.1, 0.15) is 32.3 Å². The van der Waals surface area contributed by atoms with Crippen molar-refractivity contribution in [3.8, 4) is 5.75 Å². The molecule has 1 saturated heterocycles. The quantitative estimate of drug-likeness (QED) is 0.739. The van der Waals surface area contributed by atoms with Crippen molar-refractivity contribution >= 4 is 6.08 Å². The van der Waals surface area contributed by atoms with Crippen LogP contribution in [0.15, 0.2) is 42.2 Å². The lowest BCUT2D eigenvalue weighted by Crippen LogP contribution is -2.42. The third kappa shape index (κ3) is 2.16. The average Bonchev–Trinajstić information content (AvgIpc) is 2.42. The van der Waals surface area contributed by atoms with Gasteiger partial charge in [-0.25, -0.2) is 0 Å². The molecule has 2 atom stereocenters. The Balaban J connectivity index is 1.93. The molecule has 0 saturated carbocycles. The highest BCUT2D eigenvalue weighted by molar-refractivity contribution is 5.55. The van der Waals surface area contributed by atoms with Gasteiger partial charge in [0.05, 0.1) is 7.11 Å². The fourth-order valence-corrected chi connectivity index (χ4v) is 2.74. The molecule has 0 amide bonds. The maximum Gasteiger partial charge on any atom is 0.124 e. The molecule has 19 heavy (non-hydrogen) atoms. The highest BCUT2D eigenvalue weighted by atomic mass is 16.5. The highest BCUT2D eigenvalue weighted by Gasteiger charge is 2.44. The lowest BCUT2D eigenvalue weighted by atomic mass is 9.71. The number of benzene rings is 1. The van der Waals surface area contributed by atoms with Gasteiger partial charge in [-0.2, -0.15) is 0 Å². The molecule has 3 aliphatic rings. The van der Waals surface area contributed by atoms with Crippen LogP contribution >= 0.6 is 0 Å². The van der Waals surface area contributed by atoms with Crippen LogP contribution in [0.5, 0.6) is 5.75 Å². The molecular weight excluding hydrogens is 236 g/mol. The molecule has 1 aliphatic carbocycles. The minimum Gasteiger partial charge on any atom is -0.497 e. The Labute approximate surface area is 114 Å². The molecule has 0 spiro atoms. The summed E-state index contributed by atoms with van der Waals surface area (Å²) in [6, 6.07) is 8.08. The minimum absolute atomic E-state index is 0.0533. The van der Waals surface area contributed by atoms with E-state index in [0.717, 1.165) is 29.9 Å². The normalized spacial score (nSPS) is 34.4. The lowest BCUT2D eigenvalue weighted by Gasteiger charge is -2.47. The summed E-state index contributed by atoms with van der Waals surface area (Å²) >= 11 is 0. The average molecular weight is 256 g/mol. The predicted molar refractivity (Wildman–Crippen MR) is 76.9 cm³/mol. The molecule has 0 aromatic heterocycles. The van der Waals surface area contributed by atoms with Crippen molar-refractivity contribution in [2.75, 3.05) is 7.11 Å². The topological polar surface area (TPSA) is 18.5 Å². The van der Waals surface area contributed by atoms with Crippen LogP contribution in [-0.2, 0) is 4.74 Å². The number of hydrogen-bond donors (Lipinski definition) is 0. The first-order chi connectivity index (χ1) is 9.03. The number of allylic oxidation sites excluding steroid dienone is 1. The fraction of sp³-hybridized carbons (Fsp3) is 0.412. The van der Waals surface area contributed by atoms with E-state index < -0.39 is 0 Å². The van der Waals surface area contributed by atoms with E-state index in [1.54, 1.807) is 7.11 Å². The molecule has 2 aliphatic heterocycles. The van der Waals surface area contributed by atoms with Crippen LogP contribution in [-0.4, -0.2) is 12.7 Å². The molecule has 2 nitrogen and oxygen atoms in total. The SMILES string of the molecule is COc1ccc(/C=C2\O[C@@]3(C)C=C[C@]2(C)CC3)cc1. The van der Waals surface area contributed by atoms with E-state index >= 15 is 0 Å². The van der Waals surface area contributed by atoms with Gasteiger partial charge in [-0.15, -0.1) is 0 Å². The summed E-state index contributed by atoms with van der Waals surface area (Å²) in [4.78, 5) is 0. The monoisotopic (exact) mass is 256 g/mol. The number of ether oxygens (including phenoxy) is 2. The van der Waals surface area contributed by atoms with Crippen molar-refractivity contribution in [2.24, 2.45) is 5.41 Å². The van der Waals surface area contributed by atoms with Crippen LogP contribution < -0.4 is 4.74 Å². The zero-order chi connectivity index (χ0) is 13.5. The summed E-state index contributed by atoms with van der Waals surface area (Å²) in [5.74, 6) is 1.96. The van der Waals surface area contributed by atoms with E-state index in [9.17, 15) is 0 Å². The predicted octanol–water partition coefficient (Wildman–Crippen LogP) is 4.18. The third-order valence-electron chi connectivity index (χ3n) is 4.26. The van der Waals surface area contributed by atoms with Gasteiger partial charge in [0, 0.05) is 5.41 Å². The fourth-order valence-electron chi connectivity index (χ4n) is 2.74. The molecule has 4 rings (SSSR count). The maximum absolute atomic E-state index is 6.18. The van der Waals surface area contributed by atoms with E-state index in [1.807, 2.05) is 12.1 Å². The van der Waals surface area contributed by atoms with Gasteiger partial charge in [-0.1, -0.05) is 18.2 Å². The first-order valence-corrected chi connectivity index (χ1v) is 6.79. The summed E-state index contributed by atoms with van der Waals surface area (Å²) in [7, 11) is 1.68. The highest BCUT2D eigenvalue weighted by Crippen LogP contribution is 2.50. The first kappa shape index (κ1) is 12.3. The second kappa shape index (κ2) is 4.16. The molecule has 1 aromatic rings. The van der Waals surface area contributed by atoms with Crippen molar-refractivity contribution in [1.82, 2.24) is 0 Å². The van der Waals surface area contributed by atoms with E-state index in [1.165, 1.54) is 0 Å². The largest absolute Gasteiger partial charge is 0.497 e. The molecular formula is C17H20O2. The molecule has 2 heterocycles. The Morgan fingerprint density at radius 1 is 1.11 bits per heavy atom. The zero-order valence-electron chi connectivity index (χ0n) is 11.8. The Kier molecular flexibility index (Phi) is 2.70. The molecule has 100 valence electrons. The van der Waals surface area contributed by atoms with Crippen molar-refractivity contribution in [3.63, 3.8) is 0 Å². The molecule has 1 aromatic carbocycles. The molecule has 2 bridgehead atoms. The zero-order valence-corrected chi connectivity index (χ0v) is 11.8. The molecule has 0 radical (unpaired) electrons. The van der Waals surface area contributed by atoms with Crippen molar-refractivity contribution in [2.45, 2.75) is 32.3 Å². The van der Waals surface area contributed by atoms with Crippen LogP contribution in [0.25, 0.3) is 6.08 Å². The Hall–Kier alpha value is -1.70. The van der Waals surface area contributed by atoms with E-state index in [0.29, 0.717) is 0 Å². The number of rotatable bonds is 2. The summed E-state index contributed by atoms with van der Waals surface area (Å²) in [6.07, 6.45) is 8.92. The Bertz CT molecular complexity index is 541. The van der Waals surface area contributed by atoms with Crippen LogP contribution in [0.4, 0.5) is 0 Å². The van der Waals surface area contributed by atoms with Gasteiger partial charge in [0.1, 0.15) is 17.1 Å². The van der Waals surface area contributed by atoms with Crippen LogP contribution in [0, 0.1) is 5.41 Å². The van der Waals surface area contributed by atoms with Gasteiger partial charge in [-0.3, -0.25) is 0 Å². The summed E-state index contributed by atoms with van der Waals surface area (Å²) in [6.45, 7) is 4.40.